The van der Waals surface area contributed by atoms with Gasteiger partial charge in [0.25, 0.3) is 0 Å². The highest BCUT2D eigenvalue weighted by molar-refractivity contribution is 5.20. The number of benzene rings is 1. The zero-order valence-corrected chi connectivity index (χ0v) is 12.2. The first-order valence-corrected chi connectivity index (χ1v) is 6.69. The van der Waals surface area contributed by atoms with E-state index in [2.05, 4.69) is 16.6 Å². The van der Waals surface area contributed by atoms with Gasteiger partial charge in [0.15, 0.2) is 0 Å². The maximum atomic E-state index is 5.73. The van der Waals surface area contributed by atoms with E-state index in [1.807, 2.05) is 49.0 Å². The fourth-order valence-electron chi connectivity index (χ4n) is 2.51. The monoisotopic (exact) mass is 274 g/mol. The van der Waals surface area contributed by atoms with Gasteiger partial charge in [-0.15, -0.1) is 0 Å². The summed E-state index contributed by atoms with van der Waals surface area (Å²) in [5.41, 5.74) is 6.11. The molecule has 0 saturated carbocycles. The van der Waals surface area contributed by atoms with Gasteiger partial charge in [-0.3, -0.25) is 16.0 Å². The predicted octanol–water partition coefficient (Wildman–Crippen LogP) is 1.49. The van der Waals surface area contributed by atoms with Gasteiger partial charge in [-0.2, -0.15) is 5.10 Å². The van der Waals surface area contributed by atoms with E-state index < -0.39 is 0 Å². The second-order valence-electron chi connectivity index (χ2n) is 4.94. The summed E-state index contributed by atoms with van der Waals surface area (Å²) in [7, 11) is 3.65. The summed E-state index contributed by atoms with van der Waals surface area (Å²) in [5.74, 6) is 5.73. The molecule has 2 unspecified atom stereocenters. The molecule has 3 N–H and O–H groups in total. The Hall–Kier alpha value is -1.69. The molecule has 2 atom stereocenters. The van der Waals surface area contributed by atoms with Gasteiger partial charge in [0.1, 0.15) is 0 Å². The molecule has 0 spiro atoms. The van der Waals surface area contributed by atoms with Crippen LogP contribution in [-0.4, -0.2) is 22.9 Å². The fourth-order valence-corrected chi connectivity index (χ4v) is 2.51. The Morgan fingerprint density at radius 1 is 1.35 bits per heavy atom. The van der Waals surface area contributed by atoms with Gasteiger partial charge in [-0.25, -0.2) is 0 Å². The van der Waals surface area contributed by atoms with E-state index in [9.17, 15) is 0 Å². The molecular formula is C15H22N4O. The normalized spacial score (nSPS) is 14.2. The van der Waals surface area contributed by atoms with Crippen molar-refractivity contribution in [2.75, 3.05) is 7.11 Å². The number of hydrazine groups is 1. The van der Waals surface area contributed by atoms with Gasteiger partial charge in [0, 0.05) is 26.3 Å². The molecule has 0 aliphatic heterocycles. The maximum absolute atomic E-state index is 5.73. The predicted molar refractivity (Wildman–Crippen MR) is 79.0 cm³/mol. The lowest BCUT2D eigenvalue weighted by atomic mass is 9.98. The van der Waals surface area contributed by atoms with Crippen LogP contribution < -0.4 is 11.3 Å². The molecule has 20 heavy (non-hydrogen) atoms. The molecule has 5 heteroatoms. The van der Waals surface area contributed by atoms with Gasteiger partial charge in [0.2, 0.25) is 0 Å². The molecule has 5 nitrogen and oxygen atoms in total. The van der Waals surface area contributed by atoms with Crippen molar-refractivity contribution in [3.8, 4) is 0 Å². The first-order valence-electron chi connectivity index (χ1n) is 6.69. The van der Waals surface area contributed by atoms with E-state index in [0.29, 0.717) is 0 Å². The fraction of sp³-hybridized carbons (Fsp3) is 0.400. The van der Waals surface area contributed by atoms with Crippen LogP contribution in [0.15, 0.2) is 36.4 Å². The van der Waals surface area contributed by atoms with Crippen molar-refractivity contribution in [1.82, 2.24) is 15.2 Å². The Morgan fingerprint density at radius 3 is 2.55 bits per heavy atom. The van der Waals surface area contributed by atoms with Crippen molar-refractivity contribution in [3.05, 3.63) is 53.3 Å². The highest BCUT2D eigenvalue weighted by atomic mass is 16.5. The zero-order chi connectivity index (χ0) is 14.5. The van der Waals surface area contributed by atoms with Crippen molar-refractivity contribution in [1.29, 1.82) is 0 Å². The molecule has 108 valence electrons. The summed E-state index contributed by atoms with van der Waals surface area (Å²) < 4.78 is 7.52. The van der Waals surface area contributed by atoms with E-state index in [4.69, 9.17) is 10.6 Å². The zero-order valence-electron chi connectivity index (χ0n) is 12.2. The highest BCUT2D eigenvalue weighted by Crippen LogP contribution is 2.22. The number of nitrogens with two attached hydrogens (primary N) is 1. The minimum Gasteiger partial charge on any atom is -0.375 e. The summed E-state index contributed by atoms with van der Waals surface area (Å²) in [6.07, 6.45) is 0.651. The first-order chi connectivity index (χ1) is 9.65. The third-order valence-electron chi connectivity index (χ3n) is 3.49. The second-order valence-corrected chi connectivity index (χ2v) is 4.94. The van der Waals surface area contributed by atoms with E-state index in [1.165, 1.54) is 0 Å². The van der Waals surface area contributed by atoms with Crippen molar-refractivity contribution in [3.63, 3.8) is 0 Å². The number of nitrogens with zero attached hydrogens (tertiary/aromatic N) is 2. The average molecular weight is 274 g/mol. The third-order valence-corrected chi connectivity index (χ3v) is 3.49. The molecule has 2 rings (SSSR count). The molecule has 0 amide bonds. The molecule has 0 aliphatic carbocycles. The van der Waals surface area contributed by atoms with Crippen LogP contribution in [0.3, 0.4) is 0 Å². The number of hydrogen-bond donors (Lipinski definition) is 2. The summed E-state index contributed by atoms with van der Waals surface area (Å²) >= 11 is 0. The molecule has 0 radical (unpaired) electrons. The number of aryl methyl sites for hydroxylation is 2. The van der Waals surface area contributed by atoms with Gasteiger partial charge >= 0.3 is 0 Å². The Morgan fingerprint density at radius 2 is 2.05 bits per heavy atom. The molecule has 2 aromatic rings. The number of rotatable bonds is 6. The number of aromatic nitrogens is 2. The van der Waals surface area contributed by atoms with Crippen molar-refractivity contribution in [2.45, 2.75) is 25.5 Å². The maximum Gasteiger partial charge on any atom is 0.0991 e. The lowest BCUT2D eigenvalue weighted by Gasteiger charge is -2.25. The van der Waals surface area contributed by atoms with E-state index in [0.717, 1.165) is 23.4 Å². The summed E-state index contributed by atoms with van der Waals surface area (Å²) in [5, 5.41) is 4.36. The Labute approximate surface area is 119 Å². The average Bonchev–Trinajstić information content (AvgIpc) is 2.77. The molecule has 0 saturated heterocycles. The Balaban J connectivity index is 2.20. The first kappa shape index (κ1) is 14.7. The van der Waals surface area contributed by atoms with Crippen molar-refractivity contribution >= 4 is 0 Å². The number of methoxy groups -OCH3 is 1. The Kier molecular flexibility index (Phi) is 4.89. The number of hydrogen-bond acceptors (Lipinski definition) is 4. The summed E-state index contributed by atoms with van der Waals surface area (Å²) in [6.45, 7) is 1.99. The third kappa shape index (κ3) is 3.25. The minimum atomic E-state index is -0.101. The van der Waals surface area contributed by atoms with Crippen molar-refractivity contribution in [2.24, 2.45) is 12.9 Å². The van der Waals surface area contributed by atoms with Crippen LogP contribution in [0.4, 0.5) is 0 Å². The molecule has 0 bridgehead atoms. The quantitative estimate of drug-likeness (QED) is 0.619. The van der Waals surface area contributed by atoms with Crippen LogP contribution in [0.5, 0.6) is 0 Å². The van der Waals surface area contributed by atoms with Crippen LogP contribution in [0.2, 0.25) is 0 Å². The molecule has 1 heterocycles. The van der Waals surface area contributed by atoms with E-state index >= 15 is 0 Å². The summed E-state index contributed by atoms with van der Waals surface area (Å²) in [4.78, 5) is 0. The Bertz CT molecular complexity index is 538. The molecular weight excluding hydrogens is 252 g/mol. The van der Waals surface area contributed by atoms with Gasteiger partial charge in [-0.1, -0.05) is 30.3 Å². The van der Waals surface area contributed by atoms with Crippen LogP contribution in [0.1, 0.15) is 23.1 Å². The van der Waals surface area contributed by atoms with Crippen LogP contribution in [0.25, 0.3) is 0 Å². The van der Waals surface area contributed by atoms with Crippen LogP contribution in [0, 0.1) is 6.92 Å². The SMILES string of the molecule is COC(c1ccccc1)C(Cc1cc(C)nn1C)NN. The molecule has 0 fully saturated rings. The number of ether oxygens (including phenoxy) is 1. The van der Waals surface area contributed by atoms with E-state index in [1.54, 1.807) is 7.11 Å². The van der Waals surface area contributed by atoms with Crippen LogP contribution >= 0.6 is 0 Å². The van der Waals surface area contributed by atoms with Gasteiger partial charge in [0.05, 0.1) is 17.8 Å². The van der Waals surface area contributed by atoms with Crippen LogP contribution in [-0.2, 0) is 18.2 Å². The minimum absolute atomic E-state index is 0.0165. The molecule has 1 aromatic carbocycles. The summed E-state index contributed by atoms with van der Waals surface area (Å²) in [6, 6.07) is 12.2. The van der Waals surface area contributed by atoms with Crippen molar-refractivity contribution < 1.29 is 4.74 Å². The number of nitrogens with one attached hydrogen (secondary N) is 1. The van der Waals surface area contributed by atoms with Gasteiger partial charge in [-0.05, 0) is 18.6 Å². The smallest absolute Gasteiger partial charge is 0.0991 e. The lowest BCUT2D eigenvalue weighted by molar-refractivity contribution is 0.0673. The van der Waals surface area contributed by atoms with E-state index in [-0.39, 0.29) is 12.1 Å². The highest BCUT2D eigenvalue weighted by Gasteiger charge is 2.23. The van der Waals surface area contributed by atoms with Gasteiger partial charge < -0.3 is 4.74 Å². The standard InChI is InChI=1S/C15H22N4O/c1-11-9-13(19(2)18-11)10-14(17-16)15(20-3)12-7-5-4-6-8-12/h4-9,14-15,17H,10,16H2,1-3H3. The second kappa shape index (κ2) is 6.65. The lowest BCUT2D eigenvalue weighted by Crippen LogP contribution is -2.42. The topological polar surface area (TPSA) is 65.1 Å². The molecule has 0 aliphatic rings. The molecule has 1 aromatic heterocycles. The largest absolute Gasteiger partial charge is 0.375 e.